The zero-order chi connectivity index (χ0) is 26.9. The molecule has 1 N–H and O–H groups in total. The van der Waals surface area contributed by atoms with E-state index < -0.39 is 19.8 Å². The molecule has 204 valence electrons. The molecular weight excluding hydrogens is 499 g/mol. The van der Waals surface area contributed by atoms with E-state index in [1.807, 2.05) is 103 Å². The Hall–Kier alpha value is -2.57. The Bertz CT molecular complexity index is 1040. The maximum Gasteiger partial charge on any atom is 0.331 e. The molecule has 0 heterocycles. The first-order valence-corrected chi connectivity index (χ1v) is 14.8. The van der Waals surface area contributed by atoms with Crippen LogP contribution in [0.15, 0.2) is 103 Å². The van der Waals surface area contributed by atoms with E-state index >= 15 is 0 Å². The van der Waals surface area contributed by atoms with E-state index in [1.54, 1.807) is 0 Å². The highest BCUT2D eigenvalue weighted by atomic mass is 31.2. The van der Waals surface area contributed by atoms with Crippen LogP contribution in [-0.4, -0.2) is 30.3 Å². The van der Waals surface area contributed by atoms with Crippen LogP contribution in [0.5, 0.6) is 0 Å². The van der Waals surface area contributed by atoms with Gasteiger partial charge in [0.2, 0.25) is 0 Å². The van der Waals surface area contributed by atoms with Gasteiger partial charge >= 0.3 is 7.60 Å². The van der Waals surface area contributed by atoms with Gasteiger partial charge in [0.15, 0.2) is 0 Å². The maximum atomic E-state index is 13.7. The molecule has 0 aliphatic carbocycles. The van der Waals surface area contributed by atoms with E-state index in [9.17, 15) is 9.67 Å². The Kier molecular flexibility index (Phi) is 13.5. The minimum Gasteiger partial charge on any atom is -0.390 e. The standard InChI is InChI=1S/C31H39O6P/c1-2-3-7-20-31(35-26-34-23-27-14-8-4-9-15-27)30(32)21-22-38(33,36-24-28-16-10-5-11-17-28)37-25-29-18-12-6-13-19-29/h4-20,30-32H,2-3,21-26H2,1H3/b20-7+/t30-,31-/m1/s1. The molecule has 2 atom stereocenters. The number of aliphatic hydroxyl groups excluding tert-OH is 1. The lowest BCUT2D eigenvalue weighted by Crippen LogP contribution is -2.29. The molecule has 6 nitrogen and oxygen atoms in total. The SMILES string of the molecule is CCC/C=C/[C@@H](OCOCc1ccccc1)[C@H](O)CCP(=O)(OCc1ccccc1)OCc1ccccc1. The minimum atomic E-state index is -3.52. The van der Waals surface area contributed by atoms with E-state index in [4.69, 9.17) is 18.5 Å². The lowest BCUT2D eigenvalue weighted by atomic mass is 10.1. The Morgan fingerprint density at radius 2 is 1.29 bits per heavy atom. The van der Waals surface area contributed by atoms with Gasteiger partial charge in [0.05, 0.1) is 32.1 Å². The molecule has 0 aliphatic heterocycles. The molecule has 0 amide bonds. The van der Waals surface area contributed by atoms with Gasteiger partial charge in [-0.05, 0) is 29.5 Å². The first kappa shape index (κ1) is 30.0. The summed E-state index contributed by atoms with van der Waals surface area (Å²) < 4.78 is 37.0. The average molecular weight is 539 g/mol. The monoisotopic (exact) mass is 538 g/mol. The third kappa shape index (κ3) is 11.4. The van der Waals surface area contributed by atoms with Gasteiger partial charge in [-0.1, -0.05) is 116 Å². The molecule has 3 aromatic carbocycles. The van der Waals surface area contributed by atoms with E-state index in [0.29, 0.717) is 6.61 Å². The van der Waals surface area contributed by atoms with Crippen molar-refractivity contribution in [1.82, 2.24) is 0 Å². The predicted octanol–water partition coefficient (Wildman–Crippen LogP) is 7.28. The van der Waals surface area contributed by atoms with Crippen molar-refractivity contribution in [2.24, 2.45) is 0 Å². The molecule has 0 saturated carbocycles. The van der Waals surface area contributed by atoms with Crippen LogP contribution in [0.4, 0.5) is 0 Å². The summed E-state index contributed by atoms with van der Waals surface area (Å²) in [4.78, 5) is 0. The summed E-state index contributed by atoms with van der Waals surface area (Å²) in [6.07, 6.45) is 4.42. The van der Waals surface area contributed by atoms with Gasteiger partial charge < -0.3 is 23.6 Å². The van der Waals surface area contributed by atoms with Gasteiger partial charge in [-0.25, -0.2) is 0 Å². The second-order valence-electron chi connectivity index (χ2n) is 9.01. The van der Waals surface area contributed by atoms with Crippen LogP contribution in [0.3, 0.4) is 0 Å². The zero-order valence-corrected chi connectivity index (χ0v) is 23.0. The van der Waals surface area contributed by atoms with Crippen molar-refractivity contribution in [3.05, 3.63) is 120 Å². The number of benzene rings is 3. The molecule has 3 aromatic rings. The van der Waals surface area contributed by atoms with E-state index in [1.165, 1.54) is 0 Å². The number of hydrogen-bond donors (Lipinski definition) is 1. The van der Waals surface area contributed by atoms with Crippen molar-refractivity contribution in [2.45, 2.75) is 58.2 Å². The van der Waals surface area contributed by atoms with Crippen LogP contribution in [0.1, 0.15) is 42.9 Å². The smallest absolute Gasteiger partial charge is 0.331 e. The largest absolute Gasteiger partial charge is 0.390 e. The van der Waals surface area contributed by atoms with Crippen molar-refractivity contribution in [1.29, 1.82) is 0 Å². The highest BCUT2D eigenvalue weighted by molar-refractivity contribution is 7.53. The van der Waals surface area contributed by atoms with Gasteiger partial charge in [-0.3, -0.25) is 4.57 Å². The summed E-state index contributed by atoms with van der Waals surface area (Å²) in [7, 11) is -3.52. The van der Waals surface area contributed by atoms with Crippen molar-refractivity contribution in [3.63, 3.8) is 0 Å². The Morgan fingerprint density at radius 3 is 1.79 bits per heavy atom. The highest BCUT2D eigenvalue weighted by Gasteiger charge is 2.28. The Morgan fingerprint density at radius 1 is 0.789 bits per heavy atom. The van der Waals surface area contributed by atoms with Crippen molar-refractivity contribution in [3.8, 4) is 0 Å². The second kappa shape index (κ2) is 17.1. The fourth-order valence-corrected chi connectivity index (χ4v) is 5.27. The number of allylic oxidation sites excluding steroid dienone is 1. The summed E-state index contributed by atoms with van der Waals surface area (Å²) in [5.41, 5.74) is 2.84. The van der Waals surface area contributed by atoms with Crippen LogP contribution in [0.2, 0.25) is 0 Å². The van der Waals surface area contributed by atoms with Crippen LogP contribution in [-0.2, 0) is 42.9 Å². The lowest BCUT2D eigenvalue weighted by Gasteiger charge is -2.24. The molecule has 0 bridgehead atoms. The van der Waals surface area contributed by atoms with E-state index in [0.717, 1.165) is 29.5 Å². The van der Waals surface area contributed by atoms with Crippen molar-refractivity contribution < 1.29 is 28.2 Å². The van der Waals surface area contributed by atoms with E-state index in [-0.39, 0.29) is 32.6 Å². The van der Waals surface area contributed by atoms with Gasteiger partial charge in [0.1, 0.15) is 12.9 Å². The molecule has 3 rings (SSSR count). The molecule has 7 heteroatoms. The fraction of sp³-hybridized carbons (Fsp3) is 0.355. The highest BCUT2D eigenvalue weighted by Crippen LogP contribution is 2.50. The molecule has 38 heavy (non-hydrogen) atoms. The summed E-state index contributed by atoms with van der Waals surface area (Å²) in [5, 5.41) is 11.0. The van der Waals surface area contributed by atoms with Gasteiger partial charge in [0.25, 0.3) is 0 Å². The third-order valence-corrected chi connectivity index (χ3v) is 7.71. The van der Waals surface area contributed by atoms with Crippen molar-refractivity contribution >= 4 is 7.60 Å². The normalized spacial score (nSPS) is 13.5. The summed E-state index contributed by atoms with van der Waals surface area (Å²) in [5.74, 6) is 0. The minimum absolute atomic E-state index is 0.0275. The van der Waals surface area contributed by atoms with Crippen LogP contribution in [0, 0.1) is 0 Å². The average Bonchev–Trinajstić information content (AvgIpc) is 2.97. The number of ether oxygens (including phenoxy) is 2. The van der Waals surface area contributed by atoms with Gasteiger partial charge in [-0.2, -0.15) is 0 Å². The lowest BCUT2D eigenvalue weighted by molar-refractivity contribution is -0.112. The predicted molar refractivity (Wildman–Crippen MR) is 151 cm³/mol. The fourth-order valence-electron chi connectivity index (χ4n) is 3.67. The first-order valence-electron chi connectivity index (χ1n) is 13.1. The molecule has 0 aromatic heterocycles. The quantitative estimate of drug-likeness (QED) is 0.0794. The maximum absolute atomic E-state index is 13.7. The number of rotatable bonds is 18. The van der Waals surface area contributed by atoms with Crippen LogP contribution in [0.25, 0.3) is 0 Å². The molecule has 0 saturated heterocycles. The molecule has 0 fully saturated rings. The molecule has 0 radical (unpaired) electrons. The molecule has 0 aliphatic rings. The third-order valence-electron chi connectivity index (χ3n) is 5.86. The van der Waals surface area contributed by atoms with Gasteiger partial charge in [-0.15, -0.1) is 0 Å². The number of unbranched alkanes of at least 4 members (excludes halogenated alkanes) is 1. The first-order chi connectivity index (χ1) is 18.6. The molecular formula is C31H39O6P. The number of aliphatic hydroxyl groups is 1. The Balaban J connectivity index is 1.58. The summed E-state index contributed by atoms with van der Waals surface area (Å²) in [6.45, 7) is 2.85. The molecule has 0 unspecified atom stereocenters. The topological polar surface area (TPSA) is 74.2 Å². The van der Waals surface area contributed by atoms with Crippen LogP contribution >= 0.6 is 7.60 Å². The van der Waals surface area contributed by atoms with Crippen molar-refractivity contribution in [2.75, 3.05) is 13.0 Å². The second-order valence-corrected chi connectivity index (χ2v) is 11.2. The van der Waals surface area contributed by atoms with Gasteiger partial charge in [0, 0.05) is 0 Å². The molecule has 0 spiro atoms. The Labute approximate surface area is 226 Å². The summed E-state index contributed by atoms with van der Waals surface area (Å²) >= 11 is 0. The number of hydrogen-bond acceptors (Lipinski definition) is 6. The van der Waals surface area contributed by atoms with Crippen LogP contribution < -0.4 is 0 Å². The zero-order valence-electron chi connectivity index (χ0n) is 22.1. The summed E-state index contributed by atoms with van der Waals surface area (Å²) in [6, 6.07) is 28.9. The van der Waals surface area contributed by atoms with E-state index in [2.05, 4.69) is 6.92 Å².